The molecule has 1 aromatic carbocycles. The summed E-state index contributed by atoms with van der Waals surface area (Å²) < 4.78 is 4.96. The highest BCUT2D eigenvalue weighted by atomic mass is 32.2. The lowest BCUT2D eigenvalue weighted by atomic mass is 10.2. The fourth-order valence-corrected chi connectivity index (χ4v) is 4.25. The number of benzene rings is 1. The molecule has 0 saturated heterocycles. The number of hydrogen-bond acceptors (Lipinski definition) is 6. The maximum absolute atomic E-state index is 12.3. The predicted molar refractivity (Wildman–Crippen MR) is 98.2 cm³/mol. The van der Waals surface area contributed by atoms with Crippen LogP contribution in [0.15, 0.2) is 40.6 Å². The number of thiophene rings is 1. The van der Waals surface area contributed by atoms with E-state index in [1.165, 1.54) is 23.1 Å². The molecular weight excluding hydrogens is 360 g/mol. The van der Waals surface area contributed by atoms with Crippen LogP contribution >= 0.6 is 23.1 Å². The number of fused-ring (bicyclic) bond motifs is 1. The van der Waals surface area contributed by atoms with Gasteiger partial charge in [0.1, 0.15) is 5.00 Å². The fourth-order valence-electron chi connectivity index (χ4n) is 2.35. The van der Waals surface area contributed by atoms with Gasteiger partial charge in [-0.2, -0.15) is 0 Å². The lowest BCUT2D eigenvalue weighted by Crippen LogP contribution is -2.32. The highest BCUT2D eigenvalue weighted by Crippen LogP contribution is 2.36. The molecule has 1 aliphatic heterocycles. The molecule has 130 valence electrons. The van der Waals surface area contributed by atoms with Crippen molar-refractivity contribution in [3.05, 3.63) is 41.3 Å². The number of rotatable bonds is 5. The maximum Gasteiger partial charge on any atom is 0.341 e. The minimum Gasteiger partial charge on any atom is -0.462 e. The van der Waals surface area contributed by atoms with Crippen molar-refractivity contribution in [2.24, 2.45) is 0 Å². The Morgan fingerprint density at radius 3 is 2.88 bits per heavy atom. The summed E-state index contributed by atoms with van der Waals surface area (Å²) in [5, 5.41) is 7.15. The molecule has 25 heavy (non-hydrogen) atoms. The van der Waals surface area contributed by atoms with Crippen molar-refractivity contribution in [2.45, 2.75) is 23.5 Å². The Bertz CT molecular complexity index is 818. The molecule has 8 heteroatoms. The first-order valence-electron chi connectivity index (χ1n) is 7.69. The van der Waals surface area contributed by atoms with Gasteiger partial charge in [0.15, 0.2) is 0 Å². The van der Waals surface area contributed by atoms with E-state index in [-0.39, 0.29) is 24.8 Å². The molecule has 2 amide bonds. The van der Waals surface area contributed by atoms with Gasteiger partial charge in [0.2, 0.25) is 11.8 Å². The third-order valence-electron chi connectivity index (χ3n) is 3.49. The summed E-state index contributed by atoms with van der Waals surface area (Å²) >= 11 is 2.61. The van der Waals surface area contributed by atoms with Gasteiger partial charge in [-0.05, 0) is 30.5 Å². The molecule has 0 radical (unpaired) electrons. The zero-order valence-corrected chi connectivity index (χ0v) is 15.0. The summed E-state index contributed by atoms with van der Waals surface area (Å²) in [6.45, 7) is 1.99. The van der Waals surface area contributed by atoms with Crippen molar-refractivity contribution in [3.63, 3.8) is 0 Å². The summed E-state index contributed by atoms with van der Waals surface area (Å²) in [4.78, 5) is 37.3. The van der Waals surface area contributed by atoms with Gasteiger partial charge in [-0.25, -0.2) is 4.79 Å². The summed E-state index contributed by atoms with van der Waals surface area (Å²) in [5.74, 6) is -0.992. The minimum absolute atomic E-state index is 0.0188. The van der Waals surface area contributed by atoms with Gasteiger partial charge in [0, 0.05) is 11.3 Å². The Morgan fingerprint density at radius 1 is 1.28 bits per heavy atom. The SMILES string of the molecule is CCOC(=O)c1ccsc1NC(=O)CC1Sc2ccccc2NC1=O. The van der Waals surface area contributed by atoms with Crippen LogP contribution < -0.4 is 10.6 Å². The number of anilines is 2. The number of ether oxygens (including phenoxy) is 1. The smallest absolute Gasteiger partial charge is 0.341 e. The molecule has 3 rings (SSSR count). The van der Waals surface area contributed by atoms with Gasteiger partial charge < -0.3 is 15.4 Å². The predicted octanol–water partition coefficient (Wildman–Crippen LogP) is 3.37. The monoisotopic (exact) mass is 376 g/mol. The zero-order valence-electron chi connectivity index (χ0n) is 13.4. The molecule has 1 unspecified atom stereocenters. The minimum atomic E-state index is -0.513. The van der Waals surface area contributed by atoms with E-state index in [2.05, 4.69) is 10.6 Å². The van der Waals surface area contributed by atoms with Crippen LogP contribution in [-0.4, -0.2) is 29.6 Å². The molecule has 1 aromatic heterocycles. The Hall–Kier alpha value is -2.32. The third-order valence-corrected chi connectivity index (χ3v) is 5.60. The average Bonchev–Trinajstić information content (AvgIpc) is 3.04. The highest BCUT2D eigenvalue weighted by molar-refractivity contribution is 8.01. The fraction of sp³-hybridized carbons (Fsp3) is 0.235. The molecule has 6 nitrogen and oxygen atoms in total. The molecule has 0 aliphatic carbocycles. The van der Waals surface area contributed by atoms with E-state index in [1.807, 2.05) is 24.3 Å². The Balaban J connectivity index is 1.65. The number of carbonyl (C=O) groups is 3. The number of esters is 1. The largest absolute Gasteiger partial charge is 0.462 e. The van der Waals surface area contributed by atoms with Crippen LogP contribution in [0.1, 0.15) is 23.7 Å². The van der Waals surface area contributed by atoms with Crippen LogP contribution in [0.2, 0.25) is 0 Å². The van der Waals surface area contributed by atoms with Crippen molar-refractivity contribution in [3.8, 4) is 0 Å². The topological polar surface area (TPSA) is 84.5 Å². The Morgan fingerprint density at radius 2 is 2.08 bits per heavy atom. The number of para-hydroxylation sites is 1. The van der Waals surface area contributed by atoms with Crippen LogP contribution in [-0.2, 0) is 14.3 Å². The Labute approximate surface area is 152 Å². The van der Waals surface area contributed by atoms with E-state index < -0.39 is 11.2 Å². The molecule has 0 fully saturated rings. The highest BCUT2D eigenvalue weighted by Gasteiger charge is 2.29. The summed E-state index contributed by atoms with van der Waals surface area (Å²) in [6, 6.07) is 9.07. The third kappa shape index (κ3) is 4.02. The van der Waals surface area contributed by atoms with E-state index in [4.69, 9.17) is 4.74 Å². The van der Waals surface area contributed by atoms with Crippen molar-refractivity contribution in [1.29, 1.82) is 0 Å². The number of hydrogen-bond donors (Lipinski definition) is 2. The first kappa shape index (κ1) is 17.5. The summed E-state index contributed by atoms with van der Waals surface area (Å²) in [5.41, 5.74) is 1.09. The molecule has 2 heterocycles. The molecular formula is C17H16N2O4S2. The van der Waals surface area contributed by atoms with Gasteiger partial charge in [0.25, 0.3) is 0 Å². The van der Waals surface area contributed by atoms with Crippen molar-refractivity contribution in [2.75, 3.05) is 17.2 Å². The average molecular weight is 376 g/mol. The molecule has 2 N–H and O–H groups in total. The van der Waals surface area contributed by atoms with Crippen LogP contribution in [0, 0.1) is 0 Å². The number of thioether (sulfide) groups is 1. The van der Waals surface area contributed by atoms with E-state index >= 15 is 0 Å². The molecule has 0 saturated carbocycles. The molecule has 2 aromatic rings. The van der Waals surface area contributed by atoms with Crippen molar-refractivity contribution < 1.29 is 19.1 Å². The standard InChI is InChI=1S/C17H16N2O4S2/c1-2-23-17(22)10-7-8-24-16(10)19-14(20)9-13-15(21)18-11-5-3-4-6-12(11)25-13/h3-8,13H,2,9H2,1H3,(H,18,21)(H,19,20). The summed E-state index contributed by atoms with van der Waals surface area (Å²) in [7, 11) is 0. The second-order valence-electron chi connectivity index (χ2n) is 5.23. The van der Waals surface area contributed by atoms with Gasteiger partial charge in [-0.15, -0.1) is 23.1 Å². The Kier molecular flexibility index (Phi) is 5.40. The lowest BCUT2D eigenvalue weighted by Gasteiger charge is -2.23. The molecule has 1 aliphatic rings. The quantitative estimate of drug-likeness (QED) is 0.782. The first-order valence-corrected chi connectivity index (χ1v) is 9.45. The van der Waals surface area contributed by atoms with E-state index in [0.29, 0.717) is 10.6 Å². The van der Waals surface area contributed by atoms with Crippen LogP contribution in [0.3, 0.4) is 0 Å². The van der Waals surface area contributed by atoms with Crippen molar-refractivity contribution >= 4 is 51.6 Å². The van der Waals surface area contributed by atoms with Crippen LogP contribution in [0.4, 0.5) is 10.7 Å². The molecule has 0 bridgehead atoms. The maximum atomic E-state index is 12.3. The second-order valence-corrected chi connectivity index (χ2v) is 7.39. The van der Waals surface area contributed by atoms with Gasteiger partial charge in [-0.3, -0.25) is 9.59 Å². The van der Waals surface area contributed by atoms with E-state index in [1.54, 1.807) is 18.4 Å². The molecule has 1 atom stereocenters. The van der Waals surface area contributed by atoms with Crippen molar-refractivity contribution in [1.82, 2.24) is 0 Å². The van der Waals surface area contributed by atoms with Gasteiger partial charge in [0.05, 0.1) is 23.1 Å². The lowest BCUT2D eigenvalue weighted by molar-refractivity contribution is -0.120. The normalized spacial score (nSPS) is 15.9. The zero-order chi connectivity index (χ0) is 17.8. The van der Waals surface area contributed by atoms with E-state index in [9.17, 15) is 14.4 Å². The van der Waals surface area contributed by atoms with Crippen LogP contribution in [0.5, 0.6) is 0 Å². The van der Waals surface area contributed by atoms with E-state index in [0.717, 1.165) is 10.6 Å². The van der Waals surface area contributed by atoms with Crippen LogP contribution in [0.25, 0.3) is 0 Å². The second kappa shape index (κ2) is 7.71. The number of nitrogens with one attached hydrogen (secondary N) is 2. The summed E-state index contributed by atoms with van der Waals surface area (Å²) in [6.07, 6.45) is 0.0188. The van der Waals surface area contributed by atoms with Gasteiger partial charge in [-0.1, -0.05) is 12.1 Å². The van der Waals surface area contributed by atoms with Gasteiger partial charge >= 0.3 is 5.97 Å². The first-order chi connectivity index (χ1) is 12.1. The number of carbonyl (C=O) groups excluding carboxylic acids is 3. The number of amides is 2. The molecule has 0 spiro atoms.